The Kier molecular flexibility index (Phi) is 5.29. The zero-order valence-corrected chi connectivity index (χ0v) is 15.3. The van der Waals surface area contributed by atoms with E-state index in [0.29, 0.717) is 29.6 Å². The monoisotopic (exact) mass is 369 g/mol. The molecule has 0 amide bonds. The third-order valence-corrected chi connectivity index (χ3v) is 6.53. The smallest absolute Gasteiger partial charge is 0.295 e. The minimum absolute atomic E-state index is 0.232. The molecule has 0 radical (unpaired) electrons. The first kappa shape index (κ1) is 18.1. The van der Waals surface area contributed by atoms with Crippen LogP contribution in [-0.2, 0) is 10.0 Å². The van der Waals surface area contributed by atoms with Crippen LogP contribution in [0.4, 0.5) is 10.4 Å². The van der Waals surface area contributed by atoms with Gasteiger partial charge in [0.1, 0.15) is 11.3 Å². The lowest BCUT2D eigenvalue weighted by Gasteiger charge is -2.28. The fourth-order valence-corrected chi connectivity index (χ4v) is 3.85. The van der Waals surface area contributed by atoms with E-state index in [9.17, 15) is 12.8 Å². The molecule has 1 heterocycles. The predicted molar refractivity (Wildman–Crippen MR) is 95.4 cm³/mol. The summed E-state index contributed by atoms with van der Waals surface area (Å²) in [5.41, 5.74) is 1.06. The van der Waals surface area contributed by atoms with Gasteiger partial charge in [0.2, 0.25) is 10.0 Å². The highest BCUT2D eigenvalue weighted by molar-refractivity contribution is 7.90. The molecule has 1 aliphatic rings. The molecule has 1 saturated carbocycles. The minimum atomic E-state index is -3.20. The highest BCUT2D eigenvalue weighted by Gasteiger charge is 2.24. The Balaban J connectivity index is 1.50. The average molecular weight is 369 g/mol. The second kappa shape index (κ2) is 7.29. The van der Waals surface area contributed by atoms with Gasteiger partial charge in [0.15, 0.2) is 5.58 Å². The average Bonchev–Trinajstić information content (AvgIpc) is 2.95. The number of halogens is 1. The van der Waals surface area contributed by atoms with E-state index in [2.05, 4.69) is 15.0 Å². The molecule has 0 bridgehead atoms. The number of oxazole rings is 1. The first-order valence-corrected chi connectivity index (χ1v) is 10.2. The number of nitrogens with one attached hydrogen (secondary N) is 2. The molecule has 8 heteroatoms. The summed E-state index contributed by atoms with van der Waals surface area (Å²) >= 11 is 0. The van der Waals surface area contributed by atoms with Crippen LogP contribution in [0.5, 0.6) is 0 Å². The molecule has 138 valence electrons. The van der Waals surface area contributed by atoms with E-state index in [1.807, 2.05) is 0 Å². The first-order valence-electron chi connectivity index (χ1n) is 8.64. The van der Waals surface area contributed by atoms with Crippen molar-refractivity contribution < 1.29 is 17.2 Å². The Hall–Kier alpha value is -1.67. The van der Waals surface area contributed by atoms with Crippen molar-refractivity contribution in [3.63, 3.8) is 0 Å². The van der Waals surface area contributed by atoms with Gasteiger partial charge in [-0.15, -0.1) is 0 Å². The van der Waals surface area contributed by atoms with Gasteiger partial charge >= 0.3 is 0 Å². The Morgan fingerprint density at radius 3 is 2.68 bits per heavy atom. The summed E-state index contributed by atoms with van der Waals surface area (Å²) in [6, 6.07) is 4.92. The maximum absolute atomic E-state index is 13.2. The van der Waals surface area contributed by atoms with Crippen LogP contribution in [0.3, 0.4) is 0 Å². The summed E-state index contributed by atoms with van der Waals surface area (Å²) in [5.74, 6) is 0.00358. The van der Waals surface area contributed by atoms with E-state index in [1.165, 1.54) is 12.1 Å². The topological polar surface area (TPSA) is 84.2 Å². The lowest BCUT2D eigenvalue weighted by atomic mass is 9.86. The van der Waals surface area contributed by atoms with Gasteiger partial charge in [0, 0.05) is 18.7 Å². The third-order valence-electron chi connectivity index (χ3n) is 4.72. The van der Waals surface area contributed by atoms with Crippen molar-refractivity contribution in [3.8, 4) is 0 Å². The van der Waals surface area contributed by atoms with Crippen molar-refractivity contribution in [1.82, 2.24) is 9.71 Å². The van der Waals surface area contributed by atoms with Crippen LogP contribution in [0.15, 0.2) is 22.6 Å². The molecule has 3 rings (SSSR count). The quantitative estimate of drug-likeness (QED) is 0.816. The highest BCUT2D eigenvalue weighted by atomic mass is 32.2. The number of benzene rings is 1. The van der Waals surface area contributed by atoms with Gasteiger partial charge in [-0.05, 0) is 57.6 Å². The lowest BCUT2D eigenvalue weighted by Crippen LogP contribution is -2.37. The van der Waals surface area contributed by atoms with Gasteiger partial charge < -0.3 is 9.73 Å². The molecule has 2 aromatic rings. The summed E-state index contributed by atoms with van der Waals surface area (Å²) < 4.78 is 45.1. The van der Waals surface area contributed by atoms with Gasteiger partial charge in [-0.2, -0.15) is 4.98 Å². The van der Waals surface area contributed by atoms with Gasteiger partial charge in [-0.25, -0.2) is 17.5 Å². The van der Waals surface area contributed by atoms with Crippen molar-refractivity contribution in [2.75, 3.05) is 11.9 Å². The molecule has 0 unspecified atom stereocenters. The highest BCUT2D eigenvalue weighted by Crippen LogP contribution is 2.27. The Labute approximate surface area is 147 Å². The van der Waals surface area contributed by atoms with E-state index in [4.69, 9.17) is 4.42 Å². The van der Waals surface area contributed by atoms with Crippen molar-refractivity contribution in [2.24, 2.45) is 5.92 Å². The van der Waals surface area contributed by atoms with Gasteiger partial charge in [0.05, 0.1) is 5.25 Å². The van der Waals surface area contributed by atoms with Crippen molar-refractivity contribution in [2.45, 2.75) is 50.8 Å². The number of aromatic nitrogens is 1. The van der Waals surface area contributed by atoms with Crippen LogP contribution in [0.2, 0.25) is 0 Å². The zero-order chi connectivity index (χ0) is 18.0. The van der Waals surface area contributed by atoms with E-state index < -0.39 is 15.3 Å². The summed E-state index contributed by atoms with van der Waals surface area (Å²) in [5, 5.41) is 2.85. The van der Waals surface area contributed by atoms with Gasteiger partial charge in [0.25, 0.3) is 6.01 Å². The second-order valence-corrected chi connectivity index (χ2v) is 9.26. The van der Waals surface area contributed by atoms with Crippen molar-refractivity contribution in [1.29, 1.82) is 0 Å². The molecule has 0 spiro atoms. The van der Waals surface area contributed by atoms with Crippen LogP contribution in [0.1, 0.15) is 39.5 Å². The van der Waals surface area contributed by atoms with Crippen molar-refractivity contribution in [3.05, 3.63) is 24.0 Å². The number of sulfonamides is 1. The maximum atomic E-state index is 13.2. The number of rotatable bonds is 6. The van der Waals surface area contributed by atoms with Crippen LogP contribution in [0, 0.1) is 11.7 Å². The van der Waals surface area contributed by atoms with Crippen LogP contribution >= 0.6 is 0 Å². The van der Waals surface area contributed by atoms with E-state index in [1.54, 1.807) is 19.9 Å². The van der Waals surface area contributed by atoms with Crippen LogP contribution in [-0.4, -0.2) is 31.2 Å². The summed E-state index contributed by atoms with van der Waals surface area (Å²) in [7, 11) is -3.20. The molecule has 0 aliphatic heterocycles. The molecule has 6 nitrogen and oxygen atoms in total. The number of anilines is 1. The largest absolute Gasteiger partial charge is 0.423 e. The van der Waals surface area contributed by atoms with Gasteiger partial charge in [-0.3, -0.25) is 0 Å². The SMILES string of the molecule is CC(C)S(=O)(=O)NC[C@H]1CC[C@H](Nc2nc3ccc(F)cc3o2)CC1. The maximum Gasteiger partial charge on any atom is 0.295 e. The number of nitrogens with zero attached hydrogens (tertiary/aromatic N) is 1. The zero-order valence-electron chi connectivity index (χ0n) is 14.5. The molecular weight excluding hydrogens is 345 g/mol. The van der Waals surface area contributed by atoms with E-state index >= 15 is 0 Å². The molecular formula is C17H24FN3O3S. The lowest BCUT2D eigenvalue weighted by molar-refractivity contribution is 0.334. The number of hydrogen-bond donors (Lipinski definition) is 2. The summed E-state index contributed by atoms with van der Waals surface area (Å²) in [6.07, 6.45) is 3.71. The number of hydrogen-bond acceptors (Lipinski definition) is 5. The summed E-state index contributed by atoms with van der Waals surface area (Å²) in [6.45, 7) is 3.85. The standard InChI is InChI=1S/C17H24FN3O3S/c1-11(2)25(22,23)19-10-12-3-6-14(7-4-12)20-17-21-15-8-5-13(18)9-16(15)24-17/h5,8-9,11-12,14,19H,3-4,6-7,10H2,1-2H3,(H,20,21)/t12-,14-. The molecule has 1 aromatic carbocycles. The fourth-order valence-electron chi connectivity index (χ4n) is 3.05. The minimum Gasteiger partial charge on any atom is -0.423 e. The van der Waals surface area contributed by atoms with E-state index in [0.717, 1.165) is 25.7 Å². The molecule has 1 aliphatic carbocycles. The molecule has 1 aromatic heterocycles. The predicted octanol–water partition coefficient (Wildman–Crippen LogP) is 3.27. The Morgan fingerprint density at radius 1 is 1.28 bits per heavy atom. The Morgan fingerprint density at radius 2 is 2.00 bits per heavy atom. The third kappa shape index (κ3) is 4.49. The Bertz CT molecular complexity index is 827. The molecule has 25 heavy (non-hydrogen) atoms. The first-order chi connectivity index (χ1) is 11.8. The van der Waals surface area contributed by atoms with Gasteiger partial charge in [-0.1, -0.05) is 0 Å². The fraction of sp³-hybridized carbons (Fsp3) is 0.588. The molecule has 1 fully saturated rings. The summed E-state index contributed by atoms with van der Waals surface area (Å²) in [4.78, 5) is 4.32. The normalized spacial score (nSPS) is 21.8. The van der Waals surface area contributed by atoms with Crippen LogP contribution in [0.25, 0.3) is 11.1 Å². The van der Waals surface area contributed by atoms with Crippen molar-refractivity contribution >= 4 is 27.1 Å². The molecule has 0 saturated heterocycles. The van der Waals surface area contributed by atoms with Crippen LogP contribution < -0.4 is 10.0 Å². The molecule has 2 N–H and O–H groups in total. The molecule has 0 atom stereocenters. The number of fused-ring (bicyclic) bond motifs is 1. The second-order valence-electron chi connectivity index (χ2n) is 6.94. The van der Waals surface area contributed by atoms with E-state index in [-0.39, 0.29) is 11.9 Å².